The first-order valence-corrected chi connectivity index (χ1v) is 4.54. The first-order chi connectivity index (χ1) is 5.77. The van der Waals surface area contributed by atoms with Crippen molar-refractivity contribution in [3.05, 3.63) is 0 Å². The van der Waals surface area contributed by atoms with Crippen LogP contribution in [0.4, 0.5) is 0 Å². The molecule has 2 rings (SSSR count). The Labute approximate surface area is 72.5 Å². The first kappa shape index (κ1) is 8.05. The summed E-state index contributed by atoms with van der Waals surface area (Å²) in [4.78, 5) is 11.0. The van der Waals surface area contributed by atoms with E-state index in [1.807, 2.05) is 0 Å². The van der Waals surface area contributed by atoms with E-state index in [-0.39, 0.29) is 5.97 Å². The lowest BCUT2D eigenvalue weighted by Crippen LogP contribution is -2.18. The number of rotatable bonds is 2. The van der Waals surface area contributed by atoms with Gasteiger partial charge in [-0.2, -0.15) is 0 Å². The van der Waals surface area contributed by atoms with Crippen LogP contribution in [0.15, 0.2) is 0 Å². The summed E-state index contributed by atoms with van der Waals surface area (Å²) in [6.07, 6.45) is 3.19. The summed E-state index contributed by atoms with van der Waals surface area (Å²) in [5.41, 5.74) is 0.480. The number of hydrogen-bond donors (Lipinski definition) is 1. The fraction of sp³-hybridized carbons (Fsp3) is 0.889. The summed E-state index contributed by atoms with van der Waals surface area (Å²) in [5.74, 6) is 0.472. The second-order valence-electron chi connectivity index (χ2n) is 3.97. The number of carbonyl (C=O) groups excluding carboxylic acids is 1. The molecule has 12 heavy (non-hydrogen) atoms. The zero-order chi connectivity index (χ0) is 8.60. The van der Waals surface area contributed by atoms with E-state index < -0.39 is 0 Å². The van der Waals surface area contributed by atoms with Crippen molar-refractivity contribution in [3.63, 3.8) is 0 Å². The summed E-state index contributed by atoms with van der Waals surface area (Å²) >= 11 is 0. The molecule has 1 saturated carbocycles. The summed E-state index contributed by atoms with van der Waals surface area (Å²) < 4.78 is 4.67. The van der Waals surface area contributed by atoms with Gasteiger partial charge in [-0.15, -0.1) is 0 Å². The van der Waals surface area contributed by atoms with Gasteiger partial charge in [0.15, 0.2) is 0 Å². The fourth-order valence-corrected chi connectivity index (χ4v) is 2.17. The normalized spacial score (nSPS) is 30.6. The fourth-order valence-electron chi connectivity index (χ4n) is 2.17. The molecule has 1 unspecified atom stereocenters. The van der Waals surface area contributed by atoms with Crippen LogP contribution in [0.25, 0.3) is 0 Å². The van der Waals surface area contributed by atoms with E-state index in [9.17, 15) is 4.79 Å². The average Bonchev–Trinajstić information content (AvgIpc) is 2.73. The van der Waals surface area contributed by atoms with Crippen LogP contribution < -0.4 is 5.32 Å². The van der Waals surface area contributed by atoms with Crippen LogP contribution in [-0.2, 0) is 9.53 Å². The number of nitrogens with one attached hydrogen (secondary N) is 1. The Hall–Kier alpha value is -0.570. The first-order valence-electron chi connectivity index (χ1n) is 4.54. The van der Waals surface area contributed by atoms with Crippen LogP contribution in [0, 0.1) is 11.3 Å². The van der Waals surface area contributed by atoms with Crippen molar-refractivity contribution in [1.29, 1.82) is 0 Å². The quantitative estimate of drug-likeness (QED) is 0.613. The number of ether oxygens (including phenoxy) is 1. The van der Waals surface area contributed by atoms with Gasteiger partial charge in [0.25, 0.3) is 0 Å². The van der Waals surface area contributed by atoms with Crippen molar-refractivity contribution < 1.29 is 9.53 Å². The van der Waals surface area contributed by atoms with Crippen LogP contribution in [0.2, 0.25) is 0 Å². The number of methoxy groups -OCH3 is 1. The SMILES string of the molecule is COC(=O)CC1CNCC12CC2. The predicted molar refractivity (Wildman–Crippen MR) is 44.7 cm³/mol. The molecule has 0 amide bonds. The van der Waals surface area contributed by atoms with Gasteiger partial charge in [-0.1, -0.05) is 0 Å². The molecule has 0 bridgehead atoms. The highest BCUT2D eigenvalue weighted by molar-refractivity contribution is 5.69. The van der Waals surface area contributed by atoms with Crippen LogP contribution in [0.1, 0.15) is 19.3 Å². The Balaban J connectivity index is 1.91. The van der Waals surface area contributed by atoms with Crippen LogP contribution in [0.5, 0.6) is 0 Å². The van der Waals surface area contributed by atoms with E-state index in [1.54, 1.807) is 0 Å². The van der Waals surface area contributed by atoms with Gasteiger partial charge < -0.3 is 10.1 Å². The number of esters is 1. The molecule has 3 nitrogen and oxygen atoms in total. The smallest absolute Gasteiger partial charge is 0.305 e. The lowest BCUT2D eigenvalue weighted by Gasteiger charge is -2.14. The molecule has 0 aromatic rings. The molecule has 68 valence electrons. The molecule has 0 radical (unpaired) electrons. The summed E-state index contributed by atoms with van der Waals surface area (Å²) in [5, 5.41) is 3.35. The second-order valence-corrected chi connectivity index (χ2v) is 3.97. The minimum Gasteiger partial charge on any atom is -0.469 e. The summed E-state index contributed by atoms with van der Waals surface area (Å²) in [7, 11) is 1.46. The molecule has 1 spiro atoms. The van der Waals surface area contributed by atoms with Crippen molar-refractivity contribution in [2.24, 2.45) is 11.3 Å². The molecule has 1 atom stereocenters. The monoisotopic (exact) mass is 169 g/mol. The Morgan fingerprint density at radius 2 is 2.42 bits per heavy atom. The number of hydrogen-bond acceptors (Lipinski definition) is 3. The maximum Gasteiger partial charge on any atom is 0.305 e. The molecular weight excluding hydrogens is 154 g/mol. The number of carbonyl (C=O) groups is 1. The minimum atomic E-state index is -0.0602. The third-order valence-corrected chi connectivity index (χ3v) is 3.27. The highest BCUT2D eigenvalue weighted by Gasteiger charge is 2.52. The Bertz CT molecular complexity index is 199. The molecule has 0 aromatic carbocycles. The minimum absolute atomic E-state index is 0.0602. The van der Waals surface area contributed by atoms with Gasteiger partial charge >= 0.3 is 5.97 Å². The lowest BCUT2D eigenvalue weighted by atomic mass is 9.90. The maximum atomic E-state index is 11.0. The molecule has 2 fully saturated rings. The van der Waals surface area contributed by atoms with Gasteiger partial charge in [-0.3, -0.25) is 4.79 Å². The zero-order valence-corrected chi connectivity index (χ0v) is 7.43. The highest BCUT2D eigenvalue weighted by atomic mass is 16.5. The molecule has 1 aliphatic heterocycles. The predicted octanol–water partition coefficient (Wildman–Crippen LogP) is 0.549. The Morgan fingerprint density at radius 1 is 1.67 bits per heavy atom. The van der Waals surface area contributed by atoms with Gasteiger partial charge in [-0.05, 0) is 30.7 Å². The molecule has 1 aliphatic carbocycles. The second kappa shape index (κ2) is 2.73. The van der Waals surface area contributed by atoms with Crippen molar-refractivity contribution in [3.8, 4) is 0 Å². The third kappa shape index (κ3) is 1.22. The molecule has 0 aromatic heterocycles. The Morgan fingerprint density at radius 3 is 3.00 bits per heavy atom. The van der Waals surface area contributed by atoms with E-state index >= 15 is 0 Å². The topological polar surface area (TPSA) is 38.3 Å². The molecule has 1 saturated heterocycles. The molecule has 1 N–H and O–H groups in total. The van der Waals surface area contributed by atoms with E-state index in [0.29, 0.717) is 17.8 Å². The highest BCUT2D eigenvalue weighted by Crippen LogP contribution is 2.54. The zero-order valence-electron chi connectivity index (χ0n) is 7.43. The largest absolute Gasteiger partial charge is 0.469 e. The molecule has 1 heterocycles. The summed E-state index contributed by atoms with van der Waals surface area (Å²) in [6, 6.07) is 0. The van der Waals surface area contributed by atoms with E-state index in [2.05, 4.69) is 10.1 Å². The van der Waals surface area contributed by atoms with Crippen LogP contribution in [-0.4, -0.2) is 26.2 Å². The standard InChI is InChI=1S/C9H15NO2/c1-12-8(11)4-7-5-10-6-9(7)2-3-9/h7,10H,2-6H2,1H3. The van der Waals surface area contributed by atoms with Gasteiger partial charge in [0, 0.05) is 6.54 Å². The summed E-state index contributed by atoms with van der Waals surface area (Å²) in [6.45, 7) is 2.10. The van der Waals surface area contributed by atoms with E-state index in [0.717, 1.165) is 13.1 Å². The van der Waals surface area contributed by atoms with Gasteiger partial charge in [0.05, 0.1) is 13.5 Å². The third-order valence-electron chi connectivity index (χ3n) is 3.27. The van der Waals surface area contributed by atoms with Crippen molar-refractivity contribution in [2.45, 2.75) is 19.3 Å². The maximum absolute atomic E-state index is 11.0. The average molecular weight is 169 g/mol. The van der Waals surface area contributed by atoms with Crippen molar-refractivity contribution >= 4 is 5.97 Å². The van der Waals surface area contributed by atoms with Gasteiger partial charge in [0.2, 0.25) is 0 Å². The van der Waals surface area contributed by atoms with Crippen molar-refractivity contribution in [1.82, 2.24) is 5.32 Å². The van der Waals surface area contributed by atoms with Crippen LogP contribution >= 0.6 is 0 Å². The van der Waals surface area contributed by atoms with E-state index in [1.165, 1.54) is 20.0 Å². The van der Waals surface area contributed by atoms with Crippen molar-refractivity contribution in [2.75, 3.05) is 20.2 Å². The van der Waals surface area contributed by atoms with Gasteiger partial charge in [-0.25, -0.2) is 0 Å². The lowest BCUT2D eigenvalue weighted by molar-refractivity contribution is -0.142. The van der Waals surface area contributed by atoms with E-state index in [4.69, 9.17) is 0 Å². The Kier molecular flexibility index (Phi) is 1.83. The van der Waals surface area contributed by atoms with Crippen LogP contribution in [0.3, 0.4) is 0 Å². The molecule has 3 heteroatoms. The molecular formula is C9H15NO2. The van der Waals surface area contributed by atoms with Gasteiger partial charge in [0.1, 0.15) is 0 Å². The molecule has 2 aliphatic rings.